The molecule has 0 bridgehead atoms. The van der Waals surface area contributed by atoms with Crippen molar-refractivity contribution < 1.29 is 4.92 Å². The normalized spacial score (nSPS) is 9.94. The van der Waals surface area contributed by atoms with E-state index in [0.717, 1.165) is 5.56 Å². The predicted molar refractivity (Wildman–Crippen MR) is 63.7 cm³/mol. The number of hydrogen-bond donors (Lipinski definition) is 1. The summed E-state index contributed by atoms with van der Waals surface area (Å²) in [6.07, 6.45) is 3.26. The van der Waals surface area contributed by atoms with Gasteiger partial charge in [-0.1, -0.05) is 0 Å². The van der Waals surface area contributed by atoms with Gasteiger partial charge in [0.2, 0.25) is 0 Å². The van der Waals surface area contributed by atoms with Crippen molar-refractivity contribution in [2.45, 2.75) is 0 Å². The Morgan fingerprint density at radius 1 is 1.41 bits per heavy atom. The molecule has 6 nitrogen and oxygen atoms in total. The molecule has 0 saturated heterocycles. The zero-order valence-corrected chi connectivity index (χ0v) is 9.12. The van der Waals surface area contributed by atoms with Gasteiger partial charge in [-0.05, 0) is 12.1 Å². The second kappa shape index (κ2) is 4.56. The van der Waals surface area contributed by atoms with Crippen molar-refractivity contribution in [3.8, 4) is 11.3 Å². The predicted octanol–water partition coefficient (Wildman–Crippen LogP) is 2.09. The minimum absolute atomic E-state index is 0.00297. The number of nitrogens with one attached hydrogen (secondary N) is 1. The summed E-state index contributed by atoms with van der Waals surface area (Å²) in [5.74, 6) is 0.457. The second-order valence-corrected chi connectivity index (χ2v) is 3.34. The molecule has 86 valence electrons. The van der Waals surface area contributed by atoms with Crippen molar-refractivity contribution in [3.05, 3.63) is 46.8 Å². The van der Waals surface area contributed by atoms with E-state index in [1.165, 1.54) is 12.1 Å². The zero-order chi connectivity index (χ0) is 12.3. The lowest BCUT2D eigenvalue weighted by Gasteiger charge is -2.04. The molecular weight excluding hydrogens is 220 g/mol. The van der Waals surface area contributed by atoms with Gasteiger partial charge in [0, 0.05) is 31.1 Å². The first-order valence-electron chi connectivity index (χ1n) is 4.95. The topological polar surface area (TPSA) is 81.0 Å². The Morgan fingerprint density at radius 2 is 2.24 bits per heavy atom. The molecule has 0 spiro atoms. The van der Waals surface area contributed by atoms with E-state index in [0.29, 0.717) is 11.5 Å². The molecule has 6 heteroatoms. The third-order valence-electron chi connectivity index (χ3n) is 2.23. The monoisotopic (exact) mass is 230 g/mol. The second-order valence-electron chi connectivity index (χ2n) is 3.34. The SMILES string of the molecule is CNc1cc([N+](=O)[O-])cc(-c2cccnc2)n1. The molecule has 0 aliphatic heterocycles. The Labute approximate surface area is 97.5 Å². The van der Waals surface area contributed by atoms with Crippen LogP contribution in [0.3, 0.4) is 0 Å². The van der Waals surface area contributed by atoms with Gasteiger partial charge < -0.3 is 5.32 Å². The van der Waals surface area contributed by atoms with E-state index >= 15 is 0 Å². The number of pyridine rings is 2. The molecule has 0 aliphatic rings. The summed E-state index contributed by atoms with van der Waals surface area (Å²) in [6, 6.07) is 6.38. The largest absolute Gasteiger partial charge is 0.373 e. The maximum Gasteiger partial charge on any atom is 0.275 e. The lowest BCUT2D eigenvalue weighted by Crippen LogP contribution is -1.97. The highest BCUT2D eigenvalue weighted by Crippen LogP contribution is 2.24. The van der Waals surface area contributed by atoms with Crippen LogP contribution in [0.4, 0.5) is 11.5 Å². The van der Waals surface area contributed by atoms with Gasteiger partial charge in [-0.2, -0.15) is 0 Å². The van der Waals surface area contributed by atoms with Gasteiger partial charge in [-0.25, -0.2) is 4.98 Å². The first-order chi connectivity index (χ1) is 8.20. The number of anilines is 1. The summed E-state index contributed by atoms with van der Waals surface area (Å²) >= 11 is 0. The van der Waals surface area contributed by atoms with Crippen LogP contribution in [0, 0.1) is 10.1 Å². The van der Waals surface area contributed by atoms with Crippen LogP contribution in [0.1, 0.15) is 0 Å². The molecule has 0 aromatic carbocycles. The van der Waals surface area contributed by atoms with Gasteiger partial charge >= 0.3 is 0 Å². The van der Waals surface area contributed by atoms with Gasteiger partial charge in [-0.15, -0.1) is 0 Å². The summed E-state index contributed by atoms with van der Waals surface area (Å²) < 4.78 is 0. The fourth-order valence-corrected chi connectivity index (χ4v) is 1.41. The van der Waals surface area contributed by atoms with Crippen molar-refractivity contribution in [2.75, 3.05) is 12.4 Å². The fourth-order valence-electron chi connectivity index (χ4n) is 1.41. The number of hydrogen-bond acceptors (Lipinski definition) is 5. The molecule has 2 heterocycles. The average molecular weight is 230 g/mol. The Hall–Kier alpha value is -2.50. The number of nitrogens with zero attached hydrogens (tertiary/aromatic N) is 3. The molecule has 0 fully saturated rings. The van der Waals surface area contributed by atoms with Crippen LogP contribution in [-0.4, -0.2) is 21.9 Å². The lowest BCUT2D eigenvalue weighted by atomic mass is 10.2. The molecule has 2 aromatic rings. The Bertz CT molecular complexity index is 542. The number of aromatic nitrogens is 2. The fraction of sp³-hybridized carbons (Fsp3) is 0.0909. The van der Waals surface area contributed by atoms with E-state index in [9.17, 15) is 10.1 Å². The Morgan fingerprint density at radius 3 is 2.82 bits per heavy atom. The van der Waals surface area contributed by atoms with Crippen LogP contribution in [0.5, 0.6) is 0 Å². The minimum atomic E-state index is -0.442. The third kappa shape index (κ3) is 2.36. The summed E-state index contributed by atoms with van der Waals surface area (Å²) in [6.45, 7) is 0. The zero-order valence-electron chi connectivity index (χ0n) is 9.12. The molecule has 17 heavy (non-hydrogen) atoms. The van der Waals surface area contributed by atoms with Gasteiger partial charge in [0.05, 0.1) is 16.7 Å². The third-order valence-corrected chi connectivity index (χ3v) is 2.23. The van der Waals surface area contributed by atoms with Crippen molar-refractivity contribution in [1.29, 1.82) is 0 Å². The van der Waals surface area contributed by atoms with Gasteiger partial charge in [-0.3, -0.25) is 15.1 Å². The smallest absolute Gasteiger partial charge is 0.275 e. The quantitative estimate of drug-likeness (QED) is 0.645. The lowest BCUT2D eigenvalue weighted by molar-refractivity contribution is -0.384. The first kappa shape index (κ1) is 11.0. The van der Waals surface area contributed by atoms with Crippen molar-refractivity contribution in [1.82, 2.24) is 9.97 Å². The highest BCUT2D eigenvalue weighted by molar-refractivity contribution is 5.64. The van der Waals surface area contributed by atoms with E-state index in [1.54, 1.807) is 31.6 Å². The van der Waals surface area contributed by atoms with Crippen LogP contribution in [0.2, 0.25) is 0 Å². The summed E-state index contributed by atoms with van der Waals surface area (Å²) in [7, 11) is 1.67. The molecule has 0 amide bonds. The number of nitro groups is 1. The van der Waals surface area contributed by atoms with Gasteiger partial charge in [0.1, 0.15) is 5.82 Å². The van der Waals surface area contributed by atoms with Crippen molar-refractivity contribution in [3.63, 3.8) is 0 Å². The molecule has 0 unspecified atom stereocenters. The Kier molecular flexibility index (Phi) is 2.95. The maximum absolute atomic E-state index is 10.8. The molecule has 0 aliphatic carbocycles. The summed E-state index contributed by atoms with van der Waals surface area (Å²) in [4.78, 5) is 18.6. The molecule has 2 aromatic heterocycles. The standard InChI is InChI=1S/C11H10N4O2/c1-12-11-6-9(15(16)17)5-10(14-11)8-3-2-4-13-7-8/h2-7H,1H3,(H,12,14). The van der Waals surface area contributed by atoms with E-state index in [4.69, 9.17) is 0 Å². The molecule has 1 N–H and O–H groups in total. The van der Waals surface area contributed by atoms with Gasteiger partial charge in [0.15, 0.2) is 0 Å². The van der Waals surface area contributed by atoms with Crippen LogP contribution < -0.4 is 5.32 Å². The average Bonchev–Trinajstić information content (AvgIpc) is 2.39. The minimum Gasteiger partial charge on any atom is -0.373 e. The highest BCUT2D eigenvalue weighted by atomic mass is 16.6. The molecule has 2 rings (SSSR count). The van der Waals surface area contributed by atoms with E-state index in [1.807, 2.05) is 0 Å². The Balaban J connectivity index is 2.54. The van der Waals surface area contributed by atoms with Gasteiger partial charge in [0.25, 0.3) is 5.69 Å². The van der Waals surface area contributed by atoms with Crippen molar-refractivity contribution >= 4 is 11.5 Å². The summed E-state index contributed by atoms with van der Waals surface area (Å²) in [5, 5.41) is 13.6. The molecular formula is C11H10N4O2. The van der Waals surface area contributed by atoms with Crippen LogP contribution in [-0.2, 0) is 0 Å². The van der Waals surface area contributed by atoms with Crippen LogP contribution in [0.15, 0.2) is 36.7 Å². The van der Waals surface area contributed by atoms with E-state index in [-0.39, 0.29) is 5.69 Å². The highest BCUT2D eigenvalue weighted by Gasteiger charge is 2.11. The molecule has 0 radical (unpaired) electrons. The first-order valence-corrected chi connectivity index (χ1v) is 4.95. The molecule has 0 saturated carbocycles. The number of rotatable bonds is 3. The van der Waals surface area contributed by atoms with Crippen molar-refractivity contribution in [2.24, 2.45) is 0 Å². The maximum atomic E-state index is 10.8. The summed E-state index contributed by atoms with van der Waals surface area (Å²) in [5.41, 5.74) is 1.27. The molecule has 0 atom stereocenters. The van der Waals surface area contributed by atoms with Crippen LogP contribution in [0.25, 0.3) is 11.3 Å². The van der Waals surface area contributed by atoms with E-state index < -0.39 is 4.92 Å². The van der Waals surface area contributed by atoms with E-state index in [2.05, 4.69) is 15.3 Å². The van der Waals surface area contributed by atoms with Crippen LogP contribution >= 0.6 is 0 Å².